The van der Waals surface area contributed by atoms with Crippen LogP contribution in [0.5, 0.6) is 5.75 Å². The van der Waals surface area contributed by atoms with E-state index in [0.29, 0.717) is 13.2 Å². The molecule has 21 heavy (non-hydrogen) atoms. The Morgan fingerprint density at radius 1 is 1.10 bits per heavy atom. The molecular formula is C18H31NO2. The number of hydrogen-bond donors (Lipinski definition) is 1. The third-order valence-corrected chi connectivity index (χ3v) is 3.65. The Hall–Kier alpha value is -1.06. The first-order chi connectivity index (χ1) is 10.2. The van der Waals surface area contributed by atoms with Gasteiger partial charge in [0.15, 0.2) is 0 Å². The maximum Gasteiger partial charge on any atom is 0.122 e. The molecule has 0 aliphatic carbocycles. The number of aliphatic hydroxyl groups excluding tert-OH is 1. The van der Waals surface area contributed by atoms with Gasteiger partial charge in [0, 0.05) is 6.54 Å². The van der Waals surface area contributed by atoms with Crippen LogP contribution in [0, 0.1) is 6.92 Å². The summed E-state index contributed by atoms with van der Waals surface area (Å²) in [5, 5.41) is 10.2. The summed E-state index contributed by atoms with van der Waals surface area (Å²) in [4.78, 5) is 2.36. The molecule has 0 aliphatic rings. The Morgan fingerprint density at radius 3 is 2.29 bits per heavy atom. The number of unbranched alkanes of at least 4 members (excludes halogenated alkanes) is 2. The Balaban J connectivity index is 2.38. The largest absolute Gasteiger partial charge is 0.491 e. The molecule has 1 atom stereocenters. The van der Waals surface area contributed by atoms with Crippen molar-refractivity contribution in [3.05, 3.63) is 29.8 Å². The van der Waals surface area contributed by atoms with Crippen LogP contribution in [-0.2, 0) is 0 Å². The lowest BCUT2D eigenvalue weighted by Crippen LogP contribution is -2.37. The van der Waals surface area contributed by atoms with E-state index in [9.17, 15) is 5.11 Å². The molecular weight excluding hydrogens is 262 g/mol. The van der Waals surface area contributed by atoms with Crippen molar-refractivity contribution in [1.82, 2.24) is 4.90 Å². The van der Waals surface area contributed by atoms with E-state index >= 15 is 0 Å². The Morgan fingerprint density at radius 2 is 1.71 bits per heavy atom. The quantitative estimate of drug-likeness (QED) is 0.676. The number of rotatable bonds is 11. The van der Waals surface area contributed by atoms with Crippen molar-refractivity contribution in [2.75, 3.05) is 26.2 Å². The standard InChI is InChI=1S/C18H31NO2/c1-4-6-12-19(13-7-5-2)14-17(20)15-21-18-11-9-8-10-16(18)3/h8-11,17,20H,4-7,12-15H2,1-3H3/t17-/m1/s1. The zero-order valence-corrected chi connectivity index (χ0v) is 13.8. The first-order valence-electron chi connectivity index (χ1n) is 8.26. The lowest BCUT2D eigenvalue weighted by Gasteiger charge is -2.25. The summed E-state index contributed by atoms with van der Waals surface area (Å²) in [5.41, 5.74) is 1.11. The fraction of sp³-hybridized carbons (Fsp3) is 0.667. The second-order valence-electron chi connectivity index (χ2n) is 5.74. The first kappa shape index (κ1) is 18.0. The molecule has 0 bridgehead atoms. The molecule has 1 N–H and O–H groups in total. The molecule has 0 heterocycles. The van der Waals surface area contributed by atoms with Crippen molar-refractivity contribution in [3.8, 4) is 5.75 Å². The van der Waals surface area contributed by atoms with E-state index in [0.717, 1.165) is 24.4 Å². The average molecular weight is 293 g/mol. The summed E-state index contributed by atoms with van der Waals surface area (Å²) >= 11 is 0. The predicted molar refractivity (Wildman–Crippen MR) is 88.9 cm³/mol. The van der Waals surface area contributed by atoms with Crippen LogP contribution in [0.3, 0.4) is 0 Å². The fourth-order valence-electron chi connectivity index (χ4n) is 2.31. The Labute approximate surface area is 129 Å². The lowest BCUT2D eigenvalue weighted by molar-refractivity contribution is 0.0669. The Bertz CT molecular complexity index is 373. The molecule has 120 valence electrons. The van der Waals surface area contributed by atoms with Gasteiger partial charge in [-0.15, -0.1) is 0 Å². The van der Waals surface area contributed by atoms with Crippen molar-refractivity contribution in [2.24, 2.45) is 0 Å². The van der Waals surface area contributed by atoms with Crippen LogP contribution in [0.25, 0.3) is 0 Å². The predicted octanol–water partition coefficient (Wildman–Crippen LogP) is 3.64. The van der Waals surface area contributed by atoms with E-state index in [1.54, 1.807) is 0 Å². The monoisotopic (exact) mass is 293 g/mol. The van der Waals surface area contributed by atoms with Crippen molar-refractivity contribution in [3.63, 3.8) is 0 Å². The van der Waals surface area contributed by atoms with Crippen molar-refractivity contribution in [2.45, 2.75) is 52.6 Å². The smallest absolute Gasteiger partial charge is 0.122 e. The topological polar surface area (TPSA) is 32.7 Å². The second-order valence-corrected chi connectivity index (χ2v) is 5.74. The molecule has 0 aliphatic heterocycles. The molecule has 0 saturated carbocycles. The molecule has 3 heteroatoms. The maximum atomic E-state index is 10.2. The average Bonchev–Trinajstić information content (AvgIpc) is 2.49. The minimum absolute atomic E-state index is 0.361. The number of nitrogens with zero attached hydrogens (tertiary/aromatic N) is 1. The van der Waals surface area contributed by atoms with E-state index in [2.05, 4.69) is 18.7 Å². The highest BCUT2D eigenvalue weighted by Gasteiger charge is 2.12. The molecule has 0 saturated heterocycles. The first-order valence-corrected chi connectivity index (χ1v) is 8.26. The van der Waals surface area contributed by atoms with Gasteiger partial charge in [0.25, 0.3) is 0 Å². The van der Waals surface area contributed by atoms with Crippen LogP contribution < -0.4 is 4.74 Å². The van der Waals surface area contributed by atoms with Gasteiger partial charge in [-0.25, -0.2) is 0 Å². The summed E-state index contributed by atoms with van der Waals surface area (Å²) in [6, 6.07) is 7.93. The summed E-state index contributed by atoms with van der Waals surface area (Å²) < 4.78 is 5.73. The number of benzene rings is 1. The molecule has 1 aromatic carbocycles. The molecule has 0 aromatic heterocycles. The third-order valence-electron chi connectivity index (χ3n) is 3.65. The van der Waals surface area contributed by atoms with Crippen LogP contribution in [0.2, 0.25) is 0 Å². The minimum Gasteiger partial charge on any atom is -0.491 e. The van der Waals surface area contributed by atoms with E-state index in [4.69, 9.17) is 4.74 Å². The lowest BCUT2D eigenvalue weighted by atomic mass is 10.2. The highest BCUT2D eigenvalue weighted by molar-refractivity contribution is 5.31. The second kappa shape index (κ2) is 10.6. The molecule has 0 unspecified atom stereocenters. The number of para-hydroxylation sites is 1. The normalized spacial score (nSPS) is 12.6. The molecule has 1 rings (SSSR count). The van der Waals surface area contributed by atoms with Gasteiger partial charge in [0.2, 0.25) is 0 Å². The van der Waals surface area contributed by atoms with E-state index < -0.39 is 6.10 Å². The van der Waals surface area contributed by atoms with Crippen LogP contribution in [0.15, 0.2) is 24.3 Å². The van der Waals surface area contributed by atoms with Gasteiger partial charge in [-0.05, 0) is 44.5 Å². The van der Waals surface area contributed by atoms with Gasteiger partial charge >= 0.3 is 0 Å². The molecule has 3 nitrogen and oxygen atoms in total. The molecule has 0 spiro atoms. The van der Waals surface area contributed by atoms with E-state index in [1.807, 2.05) is 31.2 Å². The fourth-order valence-corrected chi connectivity index (χ4v) is 2.31. The van der Waals surface area contributed by atoms with Crippen LogP contribution in [-0.4, -0.2) is 42.4 Å². The number of aliphatic hydroxyl groups is 1. The zero-order valence-electron chi connectivity index (χ0n) is 13.8. The number of aryl methyl sites for hydroxylation is 1. The van der Waals surface area contributed by atoms with Gasteiger partial charge in [0.1, 0.15) is 18.5 Å². The minimum atomic E-state index is -0.432. The molecule has 0 fully saturated rings. The zero-order chi connectivity index (χ0) is 15.5. The summed E-state index contributed by atoms with van der Waals surface area (Å²) in [6.07, 6.45) is 4.33. The van der Waals surface area contributed by atoms with Gasteiger partial charge < -0.3 is 14.7 Å². The SMILES string of the molecule is CCCCN(CCCC)C[C@@H](O)COc1ccccc1C. The van der Waals surface area contributed by atoms with Crippen molar-refractivity contribution < 1.29 is 9.84 Å². The summed E-state index contributed by atoms with van der Waals surface area (Å²) in [6.45, 7) is 9.63. The molecule has 0 radical (unpaired) electrons. The van der Waals surface area contributed by atoms with Crippen molar-refractivity contribution >= 4 is 0 Å². The summed E-state index contributed by atoms with van der Waals surface area (Å²) in [7, 11) is 0. The number of ether oxygens (including phenoxy) is 1. The molecule has 1 aromatic rings. The van der Waals surface area contributed by atoms with Crippen LogP contribution in [0.1, 0.15) is 45.1 Å². The third kappa shape index (κ3) is 7.49. The van der Waals surface area contributed by atoms with E-state index in [1.165, 1.54) is 25.7 Å². The van der Waals surface area contributed by atoms with E-state index in [-0.39, 0.29) is 0 Å². The van der Waals surface area contributed by atoms with Crippen LogP contribution in [0.4, 0.5) is 0 Å². The van der Waals surface area contributed by atoms with Gasteiger partial charge in [-0.1, -0.05) is 44.9 Å². The summed E-state index contributed by atoms with van der Waals surface area (Å²) in [5.74, 6) is 0.866. The van der Waals surface area contributed by atoms with Crippen LogP contribution >= 0.6 is 0 Å². The van der Waals surface area contributed by atoms with Gasteiger partial charge in [0.05, 0.1) is 0 Å². The number of hydrogen-bond acceptors (Lipinski definition) is 3. The maximum absolute atomic E-state index is 10.2. The van der Waals surface area contributed by atoms with Crippen molar-refractivity contribution in [1.29, 1.82) is 0 Å². The highest BCUT2D eigenvalue weighted by atomic mass is 16.5. The van der Waals surface area contributed by atoms with Gasteiger partial charge in [-0.3, -0.25) is 0 Å². The molecule has 0 amide bonds. The highest BCUT2D eigenvalue weighted by Crippen LogP contribution is 2.16. The van der Waals surface area contributed by atoms with Gasteiger partial charge in [-0.2, -0.15) is 0 Å². The Kier molecular flexibility index (Phi) is 9.11.